The molecule has 0 bridgehead atoms. The zero-order valence-electron chi connectivity index (χ0n) is 11.9. The lowest BCUT2D eigenvalue weighted by atomic mass is 10.0. The number of fused-ring (bicyclic) bond motifs is 1. The van der Waals surface area contributed by atoms with E-state index in [1.165, 1.54) is 0 Å². The van der Waals surface area contributed by atoms with Crippen LogP contribution in [-0.4, -0.2) is 24.9 Å². The van der Waals surface area contributed by atoms with E-state index in [4.69, 9.17) is 4.74 Å². The van der Waals surface area contributed by atoms with E-state index in [-0.39, 0.29) is 0 Å². The van der Waals surface area contributed by atoms with E-state index in [0.29, 0.717) is 25.5 Å². The van der Waals surface area contributed by atoms with Gasteiger partial charge in [0.15, 0.2) is 0 Å². The molecule has 2 N–H and O–H groups in total. The summed E-state index contributed by atoms with van der Waals surface area (Å²) in [5.41, 5.74) is 1.96. The van der Waals surface area contributed by atoms with Gasteiger partial charge < -0.3 is 15.2 Å². The van der Waals surface area contributed by atoms with Crippen LogP contribution >= 0.6 is 0 Å². The summed E-state index contributed by atoms with van der Waals surface area (Å²) in [6, 6.07) is 11.8. The third-order valence-corrected chi connectivity index (χ3v) is 3.09. The molecule has 0 saturated heterocycles. The van der Waals surface area contributed by atoms with E-state index in [1.807, 2.05) is 37.3 Å². The Bertz CT molecular complexity index is 593. The zero-order chi connectivity index (χ0) is 14.4. The highest BCUT2D eigenvalue weighted by molar-refractivity contribution is 5.87. The number of hydrogen-bond acceptors (Lipinski definition) is 3. The molecule has 0 amide bonds. The van der Waals surface area contributed by atoms with Crippen LogP contribution in [0, 0.1) is 0 Å². The van der Waals surface area contributed by atoms with Crippen molar-refractivity contribution in [3.05, 3.63) is 54.1 Å². The fraction of sp³-hybridized carbons (Fsp3) is 0.294. The molecule has 0 spiro atoms. The van der Waals surface area contributed by atoms with Crippen LogP contribution in [0.5, 0.6) is 5.75 Å². The summed E-state index contributed by atoms with van der Waals surface area (Å²) in [4.78, 5) is 0. The van der Waals surface area contributed by atoms with Gasteiger partial charge in [-0.15, -0.1) is 0 Å². The number of ether oxygens (including phenoxy) is 1. The molecule has 0 aliphatic carbocycles. The molecular formula is C17H21NO2. The molecule has 0 aliphatic rings. The summed E-state index contributed by atoms with van der Waals surface area (Å²) in [5.74, 6) is 0.332. The highest BCUT2D eigenvalue weighted by Gasteiger charge is 2.05. The second-order valence-corrected chi connectivity index (χ2v) is 4.97. The SMILES string of the molecule is C=C(C)COCCNCc1c(O)ccc2ccccc12. The maximum atomic E-state index is 10.0. The highest BCUT2D eigenvalue weighted by Crippen LogP contribution is 2.26. The fourth-order valence-corrected chi connectivity index (χ4v) is 2.11. The van der Waals surface area contributed by atoms with E-state index in [2.05, 4.69) is 11.9 Å². The Morgan fingerprint density at radius 1 is 1.25 bits per heavy atom. The second kappa shape index (κ2) is 7.08. The smallest absolute Gasteiger partial charge is 0.120 e. The molecule has 0 fully saturated rings. The molecule has 0 saturated carbocycles. The summed E-state index contributed by atoms with van der Waals surface area (Å²) in [7, 11) is 0. The fourth-order valence-electron chi connectivity index (χ4n) is 2.11. The molecule has 0 aliphatic heterocycles. The van der Waals surface area contributed by atoms with Gasteiger partial charge >= 0.3 is 0 Å². The second-order valence-electron chi connectivity index (χ2n) is 4.97. The van der Waals surface area contributed by atoms with Gasteiger partial charge in [0.1, 0.15) is 5.75 Å². The summed E-state index contributed by atoms with van der Waals surface area (Å²) in [5, 5.41) is 15.5. The molecule has 106 valence electrons. The number of nitrogens with one attached hydrogen (secondary N) is 1. The van der Waals surface area contributed by atoms with Gasteiger partial charge in [0.05, 0.1) is 13.2 Å². The average molecular weight is 271 g/mol. The van der Waals surface area contributed by atoms with Crippen LogP contribution in [0.3, 0.4) is 0 Å². The maximum Gasteiger partial charge on any atom is 0.120 e. The van der Waals surface area contributed by atoms with Crippen LogP contribution in [0.2, 0.25) is 0 Å². The van der Waals surface area contributed by atoms with Gasteiger partial charge in [0, 0.05) is 18.7 Å². The van der Waals surface area contributed by atoms with Gasteiger partial charge in [-0.3, -0.25) is 0 Å². The minimum absolute atomic E-state index is 0.332. The average Bonchev–Trinajstić information content (AvgIpc) is 2.44. The van der Waals surface area contributed by atoms with Gasteiger partial charge in [-0.1, -0.05) is 42.5 Å². The first-order valence-electron chi connectivity index (χ1n) is 6.81. The summed E-state index contributed by atoms with van der Waals surface area (Å²) < 4.78 is 5.43. The van der Waals surface area contributed by atoms with E-state index in [1.54, 1.807) is 6.07 Å². The lowest BCUT2D eigenvalue weighted by Gasteiger charge is -2.10. The monoisotopic (exact) mass is 271 g/mol. The Morgan fingerprint density at radius 3 is 2.85 bits per heavy atom. The third-order valence-electron chi connectivity index (χ3n) is 3.09. The predicted molar refractivity (Wildman–Crippen MR) is 83.0 cm³/mol. The minimum Gasteiger partial charge on any atom is -0.508 e. The van der Waals surface area contributed by atoms with Gasteiger partial charge in [-0.25, -0.2) is 0 Å². The summed E-state index contributed by atoms with van der Waals surface area (Å²) >= 11 is 0. The number of aromatic hydroxyl groups is 1. The molecule has 2 aromatic rings. The topological polar surface area (TPSA) is 41.5 Å². The van der Waals surface area contributed by atoms with Crippen LogP contribution in [0.4, 0.5) is 0 Å². The first-order chi connectivity index (χ1) is 9.68. The van der Waals surface area contributed by atoms with Crippen molar-refractivity contribution < 1.29 is 9.84 Å². The molecule has 0 heterocycles. The largest absolute Gasteiger partial charge is 0.508 e. The Kier molecular flexibility index (Phi) is 5.16. The number of rotatable bonds is 7. The molecule has 3 nitrogen and oxygen atoms in total. The van der Waals surface area contributed by atoms with E-state index in [0.717, 1.165) is 28.5 Å². The number of benzene rings is 2. The van der Waals surface area contributed by atoms with Crippen LogP contribution in [0.25, 0.3) is 10.8 Å². The van der Waals surface area contributed by atoms with Crippen LogP contribution < -0.4 is 5.32 Å². The Labute approximate surface area is 119 Å². The lowest BCUT2D eigenvalue weighted by molar-refractivity contribution is 0.157. The van der Waals surface area contributed by atoms with Crippen molar-refractivity contribution in [3.63, 3.8) is 0 Å². The van der Waals surface area contributed by atoms with Gasteiger partial charge in [-0.2, -0.15) is 0 Å². The van der Waals surface area contributed by atoms with Crippen molar-refractivity contribution in [3.8, 4) is 5.75 Å². The van der Waals surface area contributed by atoms with Crippen molar-refractivity contribution >= 4 is 10.8 Å². The number of phenols is 1. The first-order valence-corrected chi connectivity index (χ1v) is 6.81. The molecule has 20 heavy (non-hydrogen) atoms. The molecule has 3 heteroatoms. The lowest BCUT2D eigenvalue weighted by Crippen LogP contribution is -2.19. The highest BCUT2D eigenvalue weighted by atomic mass is 16.5. The van der Waals surface area contributed by atoms with Crippen molar-refractivity contribution in [1.82, 2.24) is 5.32 Å². The summed E-state index contributed by atoms with van der Waals surface area (Å²) in [6.07, 6.45) is 0. The standard InChI is InChI=1S/C17H21NO2/c1-13(2)12-20-10-9-18-11-16-15-6-4-3-5-14(15)7-8-17(16)19/h3-8,18-19H,1,9-12H2,2H3. The quantitative estimate of drug-likeness (QED) is 0.600. The molecule has 0 atom stereocenters. The zero-order valence-corrected chi connectivity index (χ0v) is 11.9. The Morgan fingerprint density at radius 2 is 2.05 bits per heavy atom. The Balaban J connectivity index is 1.92. The van der Waals surface area contributed by atoms with Crippen molar-refractivity contribution in [2.24, 2.45) is 0 Å². The van der Waals surface area contributed by atoms with Crippen LogP contribution in [-0.2, 0) is 11.3 Å². The molecule has 0 aromatic heterocycles. The molecule has 0 unspecified atom stereocenters. The summed E-state index contributed by atoms with van der Waals surface area (Å²) in [6.45, 7) is 8.34. The minimum atomic E-state index is 0.332. The Hall–Kier alpha value is -1.84. The normalized spacial score (nSPS) is 10.8. The van der Waals surface area contributed by atoms with Crippen LogP contribution in [0.1, 0.15) is 12.5 Å². The van der Waals surface area contributed by atoms with E-state index < -0.39 is 0 Å². The molecule has 0 radical (unpaired) electrons. The van der Waals surface area contributed by atoms with Gasteiger partial charge in [0.2, 0.25) is 0 Å². The predicted octanol–water partition coefficient (Wildman–Crippen LogP) is 3.23. The maximum absolute atomic E-state index is 10.0. The van der Waals surface area contributed by atoms with E-state index >= 15 is 0 Å². The van der Waals surface area contributed by atoms with Crippen molar-refractivity contribution in [2.45, 2.75) is 13.5 Å². The van der Waals surface area contributed by atoms with E-state index in [9.17, 15) is 5.11 Å². The van der Waals surface area contributed by atoms with Crippen molar-refractivity contribution in [1.29, 1.82) is 0 Å². The first kappa shape index (κ1) is 14.6. The van der Waals surface area contributed by atoms with Crippen LogP contribution in [0.15, 0.2) is 48.6 Å². The molecule has 2 aromatic carbocycles. The molecular weight excluding hydrogens is 250 g/mol. The molecule has 2 rings (SSSR count). The third kappa shape index (κ3) is 3.83. The van der Waals surface area contributed by atoms with Gasteiger partial charge in [-0.05, 0) is 23.8 Å². The number of hydrogen-bond donors (Lipinski definition) is 2. The van der Waals surface area contributed by atoms with Crippen molar-refractivity contribution in [2.75, 3.05) is 19.8 Å². The number of phenolic OH excluding ortho intramolecular Hbond substituents is 1. The van der Waals surface area contributed by atoms with Gasteiger partial charge in [0.25, 0.3) is 0 Å².